The van der Waals surface area contributed by atoms with Crippen LogP contribution in [0.5, 0.6) is 0 Å². The van der Waals surface area contributed by atoms with E-state index in [9.17, 15) is 17.6 Å². The predicted octanol–water partition coefficient (Wildman–Crippen LogP) is 4.31. The SMILES string of the molecule is O=C(CN(Cc1ccc(F)cc1)S(=O)(=O)c1ccc(Cl)cc1)Nc1ccccc1. The molecular formula is C21H18ClFN2O3S. The average Bonchev–Trinajstić information content (AvgIpc) is 2.70. The second-order valence-electron chi connectivity index (χ2n) is 6.27. The maximum Gasteiger partial charge on any atom is 0.243 e. The van der Waals surface area contributed by atoms with Gasteiger partial charge in [-0.15, -0.1) is 0 Å². The molecule has 0 aliphatic heterocycles. The quantitative estimate of drug-likeness (QED) is 0.605. The molecular weight excluding hydrogens is 415 g/mol. The van der Waals surface area contributed by atoms with E-state index in [-0.39, 0.29) is 11.4 Å². The van der Waals surface area contributed by atoms with Gasteiger partial charge in [-0.25, -0.2) is 12.8 Å². The number of halogens is 2. The van der Waals surface area contributed by atoms with Gasteiger partial charge in [0.15, 0.2) is 0 Å². The number of amides is 1. The van der Waals surface area contributed by atoms with Crippen molar-refractivity contribution in [2.75, 3.05) is 11.9 Å². The Morgan fingerprint density at radius 2 is 1.55 bits per heavy atom. The van der Waals surface area contributed by atoms with E-state index in [2.05, 4.69) is 5.32 Å². The minimum Gasteiger partial charge on any atom is -0.325 e. The number of nitrogens with one attached hydrogen (secondary N) is 1. The monoisotopic (exact) mass is 432 g/mol. The van der Waals surface area contributed by atoms with Crippen LogP contribution in [0.15, 0.2) is 83.8 Å². The summed E-state index contributed by atoms with van der Waals surface area (Å²) in [5, 5.41) is 3.07. The highest BCUT2D eigenvalue weighted by atomic mass is 35.5. The van der Waals surface area contributed by atoms with Gasteiger partial charge in [-0.3, -0.25) is 4.79 Å². The van der Waals surface area contributed by atoms with Crippen LogP contribution in [0.2, 0.25) is 5.02 Å². The molecule has 8 heteroatoms. The fourth-order valence-corrected chi connectivity index (χ4v) is 4.17. The second-order valence-corrected chi connectivity index (χ2v) is 8.64. The van der Waals surface area contributed by atoms with Gasteiger partial charge in [-0.1, -0.05) is 41.9 Å². The van der Waals surface area contributed by atoms with Gasteiger partial charge in [0, 0.05) is 17.3 Å². The maximum absolute atomic E-state index is 13.2. The van der Waals surface area contributed by atoms with Crippen molar-refractivity contribution in [2.24, 2.45) is 0 Å². The van der Waals surface area contributed by atoms with Crippen LogP contribution < -0.4 is 5.32 Å². The van der Waals surface area contributed by atoms with Gasteiger partial charge in [-0.2, -0.15) is 4.31 Å². The number of nitrogens with zero attached hydrogens (tertiary/aromatic N) is 1. The zero-order valence-electron chi connectivity index (χ0n) is 15.3. The van der Waals surface area contributed by atoms with E-state index in [1.54, 1.807) is 24.3 Å². The summed E-state index contributed by atoms with van der Waals surface area (Å²) in [6.45, 7) is -0.495. The topological polar surface area (TPSA) is 66.5 Å². The Balaban J connectivity index is 1.87. The van der Waals surface area contributed by atoms with Crippen molar-refractivity contribution in [2.45, 2.75) is 11.4 Å². The van der Waals surface area contributed by atoms with E-state index < -0.39 is 28.3 Å². The van der Waals surface area contributed by atoms with Crippen LogP contribution in [0, 0.1) is 5.82 Å². The summed E-state index contributed by atoms with van der Waals surface area (Å²) in [5.74, 6) is -0.918. The van der Waals surface area contributed by atoms with E-state index in [1.807, 2.05) is 6.07 Å². The lowest BCUT2D eigenvalue weighted by atomic mass is 10.2. The molecule has 3 aromatic rings. The standard InChI is InChI=1S/C21H18ClFN2O3S/c22-17-8-12-20(13-9-17)29(27,28)25(14-16-6-10-18(23)11-7-16)15-21(26)24-19-4-2-1-3-5-19/h1-13H,14-15H2,(H,24,26). The fraction of sp³-hybridized carbons (Fsp3) is 0.0952. The number of hydrogen-bond acceptors (Lipinski definition) is 3. The number of carbonyl (C=O) groups is 1. The third-order valence-corrected chi connectivity index (χ3v) is 6.16. The zero-order valence-corrected chi connectivity index (χ0v) is 16.8. The molecule has 3 rings (SSSR count). The molecule has 0 aromatic heterocycles. The summed E-state index contributed by atoms with van der Waals surface area (Å²) in [6.07, 6.45) is 0. The Hall–Kier alpha value is -2.74. The van der Waals surface area contributed by atoms with E-state index in [1.165, 1.54) is 48.5 Å². The van der Waals surface area contributed by atoms with Crippen molar-refractivity contribution in [3.8, 4) is 0 Å². The zero-order chi connectivity index (χ0) is 20.9. The molecule has 3 aromatic carbocycles. The van der Waals surface area contributed by atoms with Crippen LogP contribution in [0.25, 0.3) is 0 Å². The summed E-state index contributed by atoms with van der Waals surface area (Å²) in [5.41, 5.74) is 1.11. The fourth-order valence-electron chi connectivity index (χ4n) is 2.66. The minimum atomic E-state index is -3.99. The van der Waals surface area contributed by atoms with Crippen molar-refractivity contribution >= 4 is 33.2 Å². The smallest absolute Gasteiger partial charge is 0.243 e. The molecule has 5 nitrogen and oxygen atoms in total. The number of anilines is 1. The molecule has 0 fully saturated rings. The van der Waals surface area contributed by atoms with Crippen LogP contribution in [-0.2, 0) is 21.4 Å². The van der Waals surface area contributed by atoms with Crippen molar-refractivity contribution in [3.05, 3.63) is 95.3 Å². The van der Waals surface area contributed by atoms with Crippen LogP contribution in [-0.4, -0.2) is 25.2 Å². The molecule has 0 bridgehead atoms. The van der Waals surface area contributed by atoms with Gasteiger partial charge in [0.25, 0.3) is 0 Å². The normalized spacial score (nSPS) is 11.4. The van der Waals surface area contributed by atoms with Crippen LogP contribution >= 0.6 is 11.6 Å². The first-order valence-corrected chi connectivity index (χ1v) is 10.5. The van der Waals surface area contributed by atoms with Crippen LogP contribution in [0.1, 0.15) is 5.56 Å². The Morgan fingerprint density at radius 1 is 0.931 bits per heavy atom. The van der Waals surface area contributed by atoms with Crippen molar-refractivity contribution < 1.29 is 17.6 Å². The molecule has 150 valence electrons. The lowest BCUT2D eigenvalue weighted by molar-refractivity contribution is -0.116. The molecule has 0 saturated heterocycles. The van der Waals surface area contributed by atoms with Crippen LogP contribution in [0.4, 0.5) is 10.1 Å². The molecule has 0 radical (unpaired) electrons. The van der Waals surface area contributed by atoms with Gasteiger partial charge in [0.1, 0.15) is 5.82 Å². The number of benzene rings is 3. The summed E-state index contributed by atoms with van der Waals surface area (Å²) in [4.78, 5) is 12.5. The number of hydrogen-bond donors (Lipinski definition) is 1. The molecule has 0 spiro atoms. The molecule has 1 N–H and O–H groups in total. The highest BCUT2D eigenvalue weighted by Crippen LogP contribution is 2.21. The Bertz CT molecular complexity index is 1070. The van der Waals surface area contributed by atoms with E-state index in [4.69, 9.17) is 11.6 Å². The first-order chi connectivity index (χ1) is 13.8. The minimum absolute atomic E-state index is 0.0107. The Labute approximate surface area is 173 Å². The van der Waals surface area contributed by atoms with E-state index >= 15 is 0 Å². The van der Waals surface area contributed by atoms with Gasteiger partial charge < -0.3 is 5.32 Å². The van der Waals surface area contributed by atoms with Gasteiger partial charge in [0.05, 0.1) is 11.4 Å². The van der Waals surface area contributed by atoms with Gasteiger partial charge in [0.2, 0.25) is 15.9 Å². The lowest BCUT2D eigenvalue weighted by Gasteiger charge is -2.22. The molecule has 0 aliphatic rings. The van der Waals surface area contributed by atoms with Crippen molar-refractivity contribution in [1.29, 1.82) is 0 Å². The molecule has 0 aliphatic carbocycles. The molecule has 29 heavy (non-hydrogen) atoms. The van der Waals surface area contributed by atoms with E-state index in [0.29, 0.717) is 16.3 Å². The molecule has 0 atom stereocenters. The second kappa shape index (κ2) is 9.17. The Kier molecular flexibility index (Phi) is 6.64. The molecule has 0 unspecified atom stereocenters. The lowest BCUT2D eigenvalue weighted by Crippen LogP contribution is -2.37. The third kappa shape index (κ3) is 5.63. The summed E-state index contributed by atoms with van der Waals surface area (Å²) in [7, 11) is -3.99. The van der Waals surface area contributed by atoms with E-state index in [0.717, 1.165) is 4.31 Å². The molecule has 0 saturated carbocycles. The summed E-state index contributed by atoms with van der Waals surface area (Å²) in [6, 6.07) is 19.9. The maximum atomic E-state index is 13.2. The van der Waals surface area contributed by atoms with Crippen LogP contribution in [0.3, 0.4) is 0 Å². The number of rotatable bonds is 7. The highest BCUT2D eigenvalue weighted by molar-refractivity contribution is 7.89. The highest BCUT2D eigenvalue weighted by Gasteiger charge is 2.27. The molecule has 1 amide bonds. The van der Waals surface area contributed by atoms with Crippen molar-refractivity contribution in [1.82, 2.24) is 4.31 Å². The van der Waals surface area contributed by atoms with Gasteiger partial charge in [-0.05, 0) is 54.1 Å². The summed E-state index contributed by atoms with van der Waals surface area (Å²) < 4.78 is 40.5. The largest absolute Gasteiger partial charge is 0.325 e. The number of sulfonamides is 1. The predicted molar refractivity (Wildman–Crippen MR) is 111 cm³/mol. The van der Waals surface area contributed by atoms with Gasteiger partial charge >= 0.3 is 0 Å². The number of carbonyl (C=O) groups excluding carboxylic acids is 1. The molecule has 0 heterocycles. The number of para-hydroxylation sites is 1. The third-order valence-electron chi connectivity index (χ3n) is 4.10. The Morgan fingerprint density at radius 3 is 2.17 bits per heavy atom. The van der Waals surface area contributed by atoms with Crippen molar-refractivity contribution in [3.63, 3.8) is 0 Å². The first kappa shape index (κ1) is 21.0. The summed E-state index contributed by atoms with van der Waals surface area (Å²) >= 11 is 5.85. The first-order valence-electron chi connectivity index (χ1n) is 8.70. The average molecular weight is 433 g/mol.